The van der Waals surface area contributed by atoms with Crippen LogP contribution in [0.1, 0.15) is 36.1 Å². The maximum Gasteiger partial charge on any atom is 0.264 e. The SMILES string of the molecule is Cc1ccc(S(=O)(=O)N(CC(=O)N(Cc2ccccc2F)[C@@H](Cc2ccccc2)C(=O)NCC(C)C)c2cc(Cl)ccc2C)cc1. The minimum absolute atomic E-state index is 0.0126. The number of amides is 2. The van der Waals surface area contributed by atoms with Crippen LogP contribution in [0.2, 0.25) is 5.02 Å². The summed E-state index contributed by atoms with van der Waals surface area (Å²) < 4.78 is 44.5. The fraction of sp³-hybridized carbons (Fsp3) is 0.278. The van der Waals surface area contributed by atoms with E-state index >= 15 is 4.39 Å². The lowest BCUT2D eigenvalue weighted by molar-refractivity contribution is -0.140. The fourth-order valence-corrected chi connectivity index (χ4v) is 6.63. The van der Waals surface area contributed by atoms with E-state index in [0.29, 0.717) is 12.1 Å². The summed E-state index contributed by atoms with van der Waals surface area (Å²) in [5.41, 5.74) is 2.64. The van der Waals surface area contributed by atoms with Crippen molar-refractivity contribution in [3.8, 4) is 0 Å². The van der Waals surface area contributed by atoms with E-state index in [2.05, 4.69) is 5.32 Å². The average molecular weight is 664 g/mol. The molecule has 0 heterocycles. The van der Waals surface area contributed by atoms with Gasteiger partial charge in [-0.15, -0.1) is 0 Å². The summed E-state index contributed by atoms with van der Waals surface area (Å²) in [6.07, 6.45) is 0.131. The maximum atomic E-state index is 15.1. The summed E-state index contributed by atoms with van der Waals surface area (Å²) in [5, 5.41) is 3.21. The number of hydrogen-bond donors (Lipinski definition) is 1. The third-order valence-electron chi connectivity index (χ3n) is 7.58. The molecule has 0 aliphatic carbocycles. The van der Waals surface area contributed by atoms with Crippen LogP contribution in [-0.4, -0.2) is 44.3 Å². The number of halogens is 2. The van der Waals surface area contributed by atoms with Crippen molar-refractivity contribution in [1.29, 1.82) is 0 Å². The zero-order valence-electron chi connectivity index (χ0n) is 26.4. The van der Waals surface area contributed by atoms with Gasteiger partial charge in [0.1, 0.15) is 18.4 Å². The first-order chi connectivity index (χ1) is 21.9. The summed E-state index contributed by atoms with van der Waals surface area (Å²) >= 11 is 6.33. The van der Waals surface area contributed by atoms with Crippen LogP contribution in [0.4, 0.5) is 10.1 Å². The lowest BCUT2D eigenvalue weighted by Crippen LogP contribution is -2.54. The Balaban J connectivity index is 1.84. The molecule has 1 N–H and O–H groups in total. The Kier molecular flexibility index (Phi) is 11.6. The Morgan fingerprint density at radius 2 is 1.54 bits per heavy atom. The number of nitrogens with zero attached hydrogens (tertiary/aromatic N) is 2. The van der Waals surface area contributed by atoms with Gasteiger partial charge in [0.15, 0.2) is 0 Å². The third-order valence-corrected chi connectivity index (χ3v) is 9.59. The number of carbonyl (C=O) groups is 2. The van der Waals surface area contributed by atoms with Crippen molar-refractivity contribution in [1.82, 2.24) is 10.2 Å². The molecule has 10 heteroatoms. The summed E-state index contributed by atoms with van der Waals surface area (Å²) in [6, 6.07) is 25.3. The summed E-state index contributed by atoms with van der Waals surface area (Å²) in [4.78, 5) is 29.6. The average Bonchev–Trinajstić information content (AvgIpc) is 3.03. The second-order valence-corrected chi connectivity index (χ2v) is 14.0. The highest BCUT2D eigenvalue weighted by Crippen LogP contribution is 2.30. The Hall–Kier alpha value is -4.21. The Labute approximate surface area is 276 Å². The van der Waals surface area contributed by atoms with Gasteiger partial charge in [0.2, 0.25) is 11.8 Å². The predicted octanol–water partition coefficient (Wildman–Crippen LogP) is 6.70. The quantitative estimate of drug-likeness (QED) is 0.172. The lowest BCUT2D eigenvalue weighted by Gasteiger charge is -2.34. The first-order valence-electron chi connectivity index (χ1n) is 15.1. The van der Waals surface area contributed by atoms with Crippen molar-refractivity contribution >= 4 is 39.1 Å². The van der Waals surface area contributed by atoms with Gasteiger partial charge >= 0.3 is 0 Å². The molecule has 0 aromatic heterocycles. The van der Waals surface area contributed by atoms with Crippen molar-refractivity contribution in [2.24, 2.45) is 5.92 Å². The summed E-state index contributed by atoms with van der Waals surface area (Å²) in [6.45, 7) is 6.92. The highest BCUT2D eigenvalue weighted by atomic mass is 35.5. The summed E-state index contributed by atoms with van der Waals surface area (Å²) in [5.74, 6) is -1.51. The molecule has 7 nitrogen and oxygen atoms in total. The molecule has 242 valence electrons. The van der Waals surface area contributed by atoms with Crippen LogP contribution in [0.15, 0.2) is 102 Å². The van der Waals surface area contributed by atoms with Crippen LogP contribution >= 0.6 is 11.6 Å². The van der Waals surface area contributed by atoms with E-state index < -0.39 is 40.2 Å². The summed E-state index contributed by atoms with van der Waals surface area (Å²) in [7, 11) is -4.29. The lowest BCUT2D eigenvalue weighted by atomic mass is 10.0. The molecule has 0 spiro atoms. The van der Waals surface area contributed by atoms with E-state index in [-0.39, 0.29) is 40.1 Å². The molecule has 0 unspecified atom stereocenters. The molecule has 1 atom stereocenters. The van der Waals surface area contributed by atoms with Gasteiger partial charge in [-0.05, 0) is 61.2 Å². The van der Waals surface area contributed by atoms with Gasteiger partial charge < -0.3 is 10.2 Å². The van der Waals surface area contributed by atoms with E-state index in [1.165, 1.54) is 29.2 Å². The highest BCUT2D eigenvalue weighted by Gasteiger charge is 2.35. The number of aryl methyl sites for hydroxylation is 2. The second kappa shape index (κ2) is 15.4. The van der Waals surface area contributed by atoms with Crippen molar-refractivity contribution in [3.05, 3.63) is 130 Å². The molecule has 4 rings (SSSR count). The van der Waals surface area contributed by atoms with Gasteiger partial charge in [0.25, 0.3) is 10.0 Å². The number of sulfonamides is 1. The van der Waals surface area contributed by atoms with Crippen LogP contribution in [0.5, 0.6) is 0 Å². The van der Waals surface area contributed by atoms with E-state index in [1.807, 2.05) is 51.1 Å². The van der Waals surface area contributed by atoms with Gasteiger partial charge in [0, 0.05) is 30.1 Å². The first kappa shape index (κ1) is 34.7. The molecule has 0 fully saturated rings. The van der Waals surface area contributed by atoms with Gasteiger partial charge in [-0.2, -0.15) is 0 Å². The van der Waals surface area contributed by atoms with Crippen LogP contribution < -0.4 is 9.62 Å². The van der Waals surface area contributed by atoms with Gasteiger partial charge in [-0.3, -0.25) is 13.9 Å². The molecule has 46 heavy (non-hydrogen) atoms. The van der Waals surface area contributed by atoms with E-state index in [0.717, 1.165) is 15.4 Å². The van der Waals surface area contributed by atoms with Crippen LogP contribution in [0.25, 0.3) is 0 Å². The number of rotatable bonds is 13. The molecule has 4 aromatic rings. The second-order valence-electron chi connectivity index (χ2n) is 11.7. The van der Waals surface area contributed by atoms with E-state index in [1.54, 1.807) is 49.4 Å². The monoisotopic (exact) mass is 663 g/mol. The molecule has 0 saturated carbocycles. The third kappa shape index (κ3) is 8.73. The van der Waals surface area contributed by atoms with Crippen molar-refractivity contribution in [2.75, 3.05) is 17.4 Å². The molecule has 4 aromatic carbocycles. The van der Waals surface area contributed by atoms with Crippen molar-refractivity contribution in [3.63, 3.8) is 0 Å². The zero-order chi connectivity index (χ0) is 33.4. The molecule has 0 aliphatic heterocycles. The van der Waals surface area contributed by atoms with E-state index in [4.69, 9.17) is 11.6 Å². The Morgan fingerprint density at radius 3 is 2.20 bits per heavy atom. The van der Waals surface area contributed by atoms with Crippen molar-refractivity contribution in [2.45, 2.75) is 51.6 Å². The standard InChI is InChI=1S/C36H39ClFN3O4S/c1-25(2)22-39-36(43)34(20-28-10-6-5-7-11-28)40(23-29-12-8-9-13-32(29)38)35(42)24-41(33-21-30(37)17-16-27(33)4)46(44,45)31-18-14-26(3)15-19-31/h5-19,21,25,34H,20,22-24H2,1-4H3,(H,39,43)/t34-/m0/s1. The minimum atomic E-state index is -4.29. The zero-order valence-corrected chi connectivity index (χ0v) is 28.0. The minimum Gasteiger partial charge on any atom is -0.354 e. The molecule has 2 amide bonds. The molecule has 0 aliphatic rings. The Bertz CT molecular complexity index is 1770. The molecular weight excluding hydrogens is 625 g/mol. The topological polar surface area (TPSA) is 86.8 Å². The molecule has 0 saturated heterocycles. The maximum absolute atomic E-state index is 15.1. The fourth-order valence-electron chi connectivity index (χ4n) is 4.99. The number of anilines is 1. The smallest absolute Gasteiger partial charge is 0.264 e. The number of benzene rings is 4. The normalized spacial score (nSPS) is 12.1. The highest BCUT2D eigenvalue weighted by molar-refractivity contribution is 7.92. The largest absolute Gasteiger partial charge is 0.354 e. The van der Waals surface area contributed by atoms with Crippen LogP contribution in [-0.2, 0) is 32.6 Å². The first-order valence-corrected chi connectivity index (χ1v) is 16.9. The van der Waals surface area contributed by atoms with Crippen LogP contribution in [0, 0.1) is 25.6 Å². The number of hydrogen-bond acceptors (Lipinski definition) is 4. The van der Waals surface area contributed by atoms with Gasteiger partial charge in [-0.25, -0.2) is 12.8 Å². The molecule has 0 bridgehead atoms. The molecule has 0 radical (unpaired) electrons. The van der Waals surface area contributed by atoms with Crippen LogP contribution in [0.3, 0.4) is 0 Å². The van der Waals surface area contributed by atoms with Gasteiger partial charge in [0.05, 0.1) is 10.6 Å². The predicted molar refractivity (Wildman–Crippen MR) is 181 cm³/mol. The van der Waals surface area contributed by atoms with Crippen molar-refractivity contribution < 1.29 is 22.4 Å². The number of nitrogens with one attached hydrogen (secondary N) is 1. The molecular formula is C36H39ClFN3O4S. The Morgan fingerprint density at radius 1 is 0.891 bits per heavy atom. The number of carbonyl (C=O) groups excluding carboxylic acids is 2. The van der Waals surface area contributed by atoms with Gasteiger partial charge in [-0.1, -0.05) is 97.7 Å². The van der Waals surface area contributed by atoms with E-state index in [9.17, 15) is 18.0 Å².